The van der Waals surface area contributed by atoms with E-state index in [1.807, 2.05) is 13.8 Å². The molecule has 1 atom stereocenters. The van der Waals surface area contributed by atoms with Crippen LogP contribution in [0.1, 0.15) is 43.4 Å². The van der Waals surface area contributed by atoms with Gasteiger partial charge in [0.1, 0.15) is 5.82 Å². The zero-order valence-electron chi connectivity index (χ0n) is 11.5. The van der Waals surface area contributed by atoms with Gasteiger partial charge in [0, 0.05) is 23.8 Å². The smallest absolute Gasteiger partial charge is 0.306 e. The van der Waals surface area contributed by atoms with Crippen LogP contribution in [0.15, 0.2) is 6.07 Å². The highest BCUT2D eigenvalue weighted by Crippen LogP contribution is 2.36. The maximum absolute atomic E-state index is 11.2. The number of aliphatic hydroxyl groups is 1. The first kappa shape index (κ1) is 14.6. The summed E-state index contributed by atoms with van der Waals surface area (Å²) >= 11 is 1.17. The minimum absolute atomic E-state index is 0.0480. The number of aromatic nitrogens is 3. The normalized spacial score (nSPS) is 12.6. The third-order valence-corrected chi connectivity index (χ3v) is 4.13. The zero-order valence-corrected chi connectivity index (χ0v) is 12.3. The molecule has 20 heavy (non-hydrogen) atoms. The van der Waals surface area contributed by atoms with E-state index in [2.05, 4.69) is 10.1 Å². The quantitative estimate of drug-likeness (QED) is 0.675. The van der Waals surface area contributed by atoms with Crippen LogP contribution in [0.5, 0.6) is 0 Å². The Morgan fingerprint density at radius 2 is 2.20 bits per heavy atom. The van der Waals surface area contributed by atoms with Crippen LogP contribution in [0, 0.1) is 10.1 Å². The number of hydrogen-bond donors (Lipinski definition) is 1. The second-order valence-corrected chi connectivity index (χ2v) is 5.40. The lowest BCUT2D eigenvalue weighted by Crippen LogP contribution is -2.02. The van der Waals surface area contributed by atoms with Crippen LogP contribution in [0.25, 0.3) is 5.00 Å². The molecule has 0 fully saturated rings. The highest BCUT2D eigenvalue weighted by atomic mass is 32.1. The molecule has 2 heterocycles. The van der Waals surface area contributed by atoms with Crippen LogP contribution in [-0.4, -0.2) is 24.8 Å². The molecule has 0 bridgehead atoms. The van der Waals surface area contributed by atoms with Crippen LogP contribution in [-0.2, 0) is 12.8 Å². The van der Waals surface area contributed by atoms with E-state index in [0.29, 0.717) is 34.4 Å². The summed E-state index contributed by atoms with van der Waals surface area (Å²) in [6.07, 6.45) is 0.556. The molecule has 2 rings (SSSR count). The molecule has 0 saturated carbocycles. The molecule has 0 aliphatic rings. The third kappa shape index (κ3) is 2.56. The Morgan fingerprint density at radius 3 is 2.70 bits per heavy atom. The molecular formula is C12H16N4O3S. The number of rotatable bonds is 5. The van der Waals surface area contributed by atoms with Crippen molar-refractivity contribution < 1.29 is 10.0 Å². The molecule has 0 unspecified atom stereocenters. The maximum Gasteiger partial charge on any atom is 0.306 e. The van der Waals surface area contributed by atoms with E-state index in [1.165, 1.54) is 22.1 Å². The first-order valence-electron chi connectivity index (χ1n) is 6.39. The van der Waals surface area contributed by atoms with Gasteiger partial charge in [0.05, 0.1) is 11.0 Å². The fourth-order valence-corrected chi connectivity index (χ4v) is 2.85. The second-order valence-electron chi connectivity index (χ2n) is 4.34. The van der Waals surface area contributed by atoms with E-state index < -0.39 is 11.0 Å². The minimum atomic E-state index is -0.744. The molecule has 2 aromatic rings. The van der Waals surface area contributed by atoms with Crippen molar-refractivity contribution >= 4 is 17.0 Å². The average Bonchev–Trinajstić information content (AvgIpc) is 3.01. The second kappa shape index (κ2) is 5.68. The van der Waals surface area contributed by atoms with Gasteiger partial charge in [-0.3, -0.25) is 10.1 Å². The summed E-state index contributed by atoms with van der Waals surface area (Å²) in [5, 5.41) is 25.5. The summed E-state index contributed by atoms with van der Waals surface area (Å²) < 4.78 is 1.52. The largest absolute Gasteiger partial charge is 0.388 e. The predicted molar refractivity (Wildman–Crippen MR) is 75.3 cm³/mol. The summed E-state index contributed by atoms with van der Waals surface area (Å²) in [6.45, 7) is 5.44. The fourth-order valence-electron chi connectivity index (χ4n) is 1.81. The highest BCUT2D eigenvalue weighted by molar-refractivity contribution is 7.15. The monoisotopic (exact) mass is 296 g/mol. The molecule has 8 heteroatoms. The molecule has 2 aromatic heterocycles. The summed E-state index contributed by atoms with van der Waals surface area (Å²) in [5.41, 5.74) is -0.0480. The standard InChI is InChI=1S/C12H16N4O3S/c1-4-10-13-11(5-2)15(14-10)12-8(16(18)19)6-9(20-12)7(3)17/h6-7,17H,4-5H2,1-3H3/t7-/m0/s1. The highest BCUT2D eigenvalue weighted by Gasteiger charge is 2.25. The van der Waals surface area contributed by atoms with Gasteiger partial charge in [0.25, 0.3) is 0 Å². The van der Waals surface area contributed by atoms with Gasteiger partial charge < -0.3 is 5.11 Å². The number of aliphatic hydroxyl groups excluding tert-OH is 1. The number of thiophene rings is 1. The third-order valence-electron chi connectivity index (χ3n) is 2.86. The summed E-state index contributed by atoms with van der Waals surface area (Å²) in [6, 6.07) is 1.40. The number of nitrogens with zero attached hydrogens (tertiary/aromatic N) is 4. The lowest BCUT2D eigenvalue weighted by molar-refractivity contribution is -0.384. The predicted octanol–water partition coefficient (Wildman–Crippen LogP) is 2.42. The lowest BCUT2D eigenvalue weighted by atomic mass is 10.3. The van der Waals surface area contributed by atoms with Gasteiger partial charge in [0.2, 0.25) is 0 Å². The van der Waals surface area contributed by atoms with Crippen LogP contribution >= 0.6 is 11.3 Å². The Balaban J connectivity index is 2.61. The summed E-state index contributed by atoms with van der Waals surface area (Å²) in [7, 11) is 0. The van der Waals surface area contributed by atoms with Crippen LogP contribution < -0.4 is 0 Å². The van der Waals surface area contributed by atoms with Crippen molar-refractivity contribution in [1.29, 1.82) is 0 Å². The Bertz CT molecular complexity index is 633. The van der Waals surface area contributed by atoms with Crippen molar-refractivity contribution in [2.75, 3.05) is 0 Å². The van der Waals surface area contributed by atoms with E-state index in [1.54, 1.807) is 6.92 Å². The van der Waals surface area contributed by atoms with Gasteiger partial charge in [-0.2, -0.15) is 5.10 Å². The average molecular weight is 296 g/mol. The van der Waals surface area contributed by atoms with Gasteiger partial charge in [-0.15, -0.1) is 11.3 Å². The Kier molecular flexibility index (Phi) is 4.15. The molecule has 7 nitrogen and oxygen atoms in total. The SMILES string of the molecule is CCc1nc(CC)n(-c2sc([C@H](C)O)cc2[N+](=O)[O-])n1. The fraction of sp³-hybridized carbons (Fsp3) is 0.500. The summed E-state index contributed by atoms with van der Waals surface area (Å²) in [5.74, 6) is 1.34. The van der Waals surface area contributed by atoms with E-state index >= 15 is 0 Å². The molecule has 0 aliphatic heterocycles. The molecular weight excluding hydrogens is 280 g/mol. The molecule has 108 valence electrons. The van der Waals surface area contributed by atoms with Crippen molar-refractivity contribution in [2.45, 2.75) is 39.7 Å². The van der Waals surface area contributed by atoms with Crippen molar-refractivity contribution in [3.05, 3.63) is 32.7 Å². The maximum atomic E-state index is 11.2. The van der Waals surface area contributed by atoms with E-state index in [9.17, 15) is 15.2 Å². The van der Waals surface area contributed by atoms with Gasteiger partial charge in [-0.05, 0) is 6.92 Å². The lowest BCUT2D eigenvalue weighted by Gasteiger charge is -2.00. The Labute approximate surface area is 120 Å². The zero-order chi connectivity index (χ0) is 14.9. The van der Waals surface area contributed by atoms with E-state index in [0.717, 1.165) is 0 Å². The van der Waals surface area contributed by atoms with Gasteiger partial charge in [-0.25, -0.2) is 9.67 Å². The number of nitro groups is 1. The Hall–Kier alpha value is -1.80. The van der Waals surface area contributed by atoms with Crippen molar-refractivity contribution in [1.82, 2.24) is 14.8 Å². The van der Waals surface area contributed by atoms with E-state index in [4.69, 9.17) is 0 Å². The van der Waals surface area contributed by atoms with Crippen molar-refractivity contribution in [2.24, 2.45) is 0 Å². The topological polar surface area (TPSA) is 94.1 Å². The van der Waals surface area contributed by atoms with Gasteiger partial charge in [-0.1, -0.05) is 13.8 Å². The molecule has 0 spiro atoms. The van der Waals surface area contributed by atoms with Crippen molar-refractivity contribution in [3.63, 3.8) is 0 Å². The van der Waals surface area contributed by atoms with E-state index in [-0.39, 0.29) is 5.69 Å². The number of hydrogen-bond acceptors (Lipinski definition) is 6. The van der Waals surface area contributed by atoms with Gasteiger partial charge >= 0.3 is 5.69 Å². The molecule has 0 aliphatic carbocycles. The molecule has 1 N–H and O–H groups in total. The van der Waals surface area contributed by atoms with Crippen LogP contribution in [0.3, 0.4) is 0 Å². The minimum Gasteiger partial charge on any atom is -0.388 e. The Morgan fingerprint density at radius 1 is 1.50 bits per heavy atom. The first-order chi connectivity index (χ1) is 9.47. The van der Waals surface area contributed by atoms with Crippen molar-refractivity contribution in [3.8, 4) is 5.00 Å². The molecule has 0 amide bonds. The first-order valence-corrected chi connectivity index (χ1v) is 7.20. The van der Waals surface area contributed by atoms with Crippen LogP contribution in [0.2, 0.25) is 0 Å². The van der Waals surface area contributed by atoms with Gasteiger partial charge in [0.15, 0.2) is 10.8 Å². The summed E-state index contributed by atoms with van der Waals surface area (Å²) in [4.78, 5) is 15.6. The molecule has 0 aromatic carbocycles. The molecule has 0 radical (unpaired) electrons. The van der Waals surface area contributed by atoms with Crippen LogP contribution in [0.4, 0.5) is 5.69 Å². The number of aryl methyl sites for hydroxylation is 2. The molecule has 0 saturated heterocycles.